The SMILES string of the molecule is CN=C(NCc1ccc(-n2ccnc2C)nc1)NC1CCN(c2ccccc2OC)C1. The van der Waals surface area contributed by atoms with Gasteiger partial charge in [-0.2, -0.15) is 0 Å². The van der Waals surface area contributed by atoms with Crippen LogP contribution in [0, 0.1) is 6.92 Å². The summed E-state index contributed by atoms with van der Waals surface area (Å²) in [4.78, 5) is 15.5. The van der Waals surface area contributed by atoms with Gasteiger partial charge in [0.1, 0.15) is 17.4 Å². The van der Waals surface area contributed by atoms with E-state index in [-0.39, 0.29) is 0 Å². The van der Waals surface area contributed by atoms with Crippen LogP contribution >= 0.6 is 0 Å². The summed E-state index contributed by atoms with van der Waals surface area (Å²) in [6.45, 7) is 4.50. The lowest BCUT2D eigenvalue weighted by Gasteiger charge is -2.22. The van der Waals surface area contributed by atoms with Gasteiger partial charge in [0.25, 0.3) is 0 Å². The van der Waals surface area contributed by atoms with Crippen LogP contribution < -0.4 is 20.3 Å². The minimum absolute atomic E-state index is 0.320. The molecule has 0 amide bonds. The third-order valence-corrected chi connectivity index (χ3v) is 5.52. The van der Waals surface area contributed by atoms with Gasteiger partial charge in [-0.05, 0) is 37.1 Å². The average Bonchev–Trinajstić information content (AvgIpc) is 3.46. The number of hydrogen-bond donors (Lipinski definition) is 2. The maximum atomic E-state index is 5.51. The normalized spacial score (nSPS) is 16.4. The summed E-state index contributed by atoms with van der Waals surface area (Å²) >= 11 is 0. The summed E-state index contributed by atoms with van der Waals surface area (Å²) in [5.41, 5.74) is 2.23. The molecule has 162 valence electrons. The molecule has 0 radical (unpaired) electrons. The number of nitrogens with zero attached hydrogens (tertiary/aromatic N) is 5. The van der Waals surface area contributed by atoms with Crippen molar-refractivity contribution in [2.24, 2.45) is 4.99 Å². The van der Waals surface area contributed by atoms with E-state index in [1.807, 2.05) is 48.1 Å². The first-order valence-corrected chi connectivity index (χ1v) is 10.5. The molecule has 1 saturated heterocycles. The second-order valence-electron chi connectivity index (χ2n) is 7.54. The van der Waals surface area contributed by atoms with E-state index in [2.05, 4.69) is 42.6 Å². The quantitative estimate of drug-likeness (QED) is 0.472. The fourth-order valence-electron chi connectivity index (χ4n) is 3.85. The van der Waals surface area contributed by atoms with Crippen LogP contribution in [0.25, 0.3) is 5.82 Å². The molecule has 1 fully saturated rings. The molecule has 3 heterocycles. The largest absolute Gasteiger partial charge is 0.495 e. The van der Waals surface area contributed by atoms with Crippen molar-refractivity contribution in [2.45, 2.75) is 25.9 Å². The maximum absolute atomic E-state index is 5.51. The Bertz CT molecular complexity index is 1030. The van der Waals surface area contributed by atoms with Crippen LogP contribution in [0.2, 0.25) is 0 Å². The average molecular weight is 420 g/mol. The molecule has 1 atom stereocenters. The smallest absolute Gasteiger partial charge is 0.191 e. The molecule has 4 rings (SSSR count). The van der Waals surface area contributed by atoms with Crippen molar-refractivity contribution >= 4 is 11.6 Å². The molecular weight excluding hydrogens is 390 g/mol. The molecule has 0 bridgehead atoms. The summed E-state index contributed by atoms with van der Waals surface area (Å²) in [5, 5.41) is 6.93. The van der Waals surface area contributed by atoms with Gasteiger partial charge in [0.2, 0.25) is 0 Å². The number of para-hydroxylation sites is 2. The lowest BCUT2D eigenvalue weighted by atomic mass is 10.2. The monoisotopic (exact) mass is 419 g/mol. The first kappa shape index (κ1) is 20.7. The Labute approximate surface area is 183 Å². The van der Waals surface area contributed by atoms with Crippen LogP contribution in [0.4, 0.5) is 5.69 Å². The highest BCUT2D eigenvalue weighted by atomic mass is 16.5. The van der Waals surface area contributed by atoms with Crippen molar-refractivity contribution in [3.8, 4) is 11.6 Å². The number of hydrogen-bond acceptors (Lipinski definition) is 5. The van der Waals surface area contributed by atoms with Crippen molar-refractivity contribution in [3.63, 3.8) is 0 Å². The number of imidazole rings is 1. The Morgan fingerprint density at radius 2 is 2.10 bits per heavy atom. The number of nitrogens with one attached hydrogen (secondary N) is 2. The first-order chi connectivity index (χ1) is 15.2. The summed E-state index contributed by atoms with van der Waals surface area (Å²) < 4.78 is 7.48. The van der Waals surface area contributed by atoms with Crippen LogP contribution in [0.15, 0.2) is 60.0 Å². The molecule has 0 aliphatic carbocycles. The number of aliphatic imine (C=N–C) groups is 1. The van der Waals surface area contributed by atoms with E-state index >= 15 is 0 Å². The van der Waals surface area contributed by atoms with Crippen molar-refractivity contribution < 1.29 is 4.74 Å². The molecule has 3 aromatic rings. The van der Waals surface area contributed by atoms with Gasteiger partial charge in [0.05, 0.1) is 12.8 Å². The van der Waals surface area contributed by atoms with E-state index in [0.717, 1.165) is 54.1 Å². The molecule has 1 aliphatic rings. The van der Waals surface area contributed by atoms with Gasteiger partial charge in [-0.3, -0.25) is 9.56 Å². The second kappa shape index (κ2) is 9.51. The number of pyridine rings is 1. The minimum atomic E-state index is 0.320. The van der Waals surface area contributed by atoms with E-state index in [1.54, 1.807) is 20.4 Å². The van der Waals surface area contributed by atoms with E-state index < -0.39 is 0 Å². The molecule has 8 nitrogen and oxygen atoms in total. The zero-order valence-electron chi connectivity index (χ0n) is 18.2. The molecule has 0 saturated carbocycles. The molecule has 0 spiro atoms. The maximum Gasteiger partial charge on any atom is 0.191 e. The van der Waals surface area contributed by atoms with E-state index in [1.165, 1.54) is 0 Å². The van der Waals surface area contributed by atoms with Crippen LogP contribution in [-0.2, 0) is 6.54 Å². The molecule has 2 N–H and O–H groups in total. The van der Waals surface area contributed by atoms with Gasteiger partial charge < -0.3 is 20.3 Å². The van der Waals surface area contributed by atoms with Gasteiger partial charge in [0, 0.05) is 51.3 Å². The number of aromatic nitrogens is 3. The predicted octanol–water partition coefficient (Wildman–Crippen LogP) is 2.53. The van der Waals surface area contributed by atoms with Crippen LogP contribution in [0.1, 0.15) is 17.8 Å². The Morgan fingerprint density at radius 1 is 1.23 bits per heavy atom. The standard InChI is InChI=1S/C23H29N7O/c1-17-25-11-13-30(17)22-9-8-18(14-26-22)15-27-23(24-2)28-19-10-12-29(16-19)20-6-4-5-7-21(20)31-3/h4-9,11,13-14,19H,10,12,15-16H2,1-3H3,(H2,24,27,28). The third-order valence-electron chi connectivity index (χ3n) is 5.52. The Morgan fingerprint density at radius 3 is 2.81 bits per heavy atom. The molecule has 1 aliphatic heterocycles. The fourth-order valence-corrected chi connectivity index (χ4v) is 3.85. The van der Waals surface area contributed by atoms with Crippen molar-refractivity contribution in [1.82, 2.24) is 25.2 Å². The van der Waals surface area contributed by atoms with Gasteiger partial charge in [-0.25, -0.2) is 9.97 Å². The summed E-state index contributed by atoms with van der Waals surface area (Å²) in [6, 6.07) is 12.6. The molecule has 8 heteroatoms. The van der Waals surface area contributed by atoms with Gasteiger partial charge in [-0.15, -0.1) is 0 Å². The summed E-state index contributed by atoms with van der Waals surface area (Å²) in [6.07, 6.45) is 6.62. The van der Waals surface area contributed by atoms with Crippen LogP contribution in [0.5, 0.6) is 5.75 Å². The number of aryl methyl sites for hydroxylation is 1. The summed E-state index contributed by atoms with van der Waals surface area (Å²) in [7, 11) is 3.51. The molecular formula is C23H29N7O. The van der Waals surface area contributed by atoms with Crippen LogP contribution in [-0.4, -0.2) is 53.8 Å². The first-order valence-electron chi connectivity index (χ1n) is 10.5. The molecule has 1 unspecified atom stereocenters. The van der Waals surface area contributed by atoms with Crippen molar-refractivity contribution in [3.05, 3.63) is 66.4 Å². The minimum Gasteiger partial charge on any atom is -0.495 e. The number of benzene rings is 1. The predicted molar refractivity (Wildman–Crippen MR) is 123 cm³/mol. The van der Waals surface area contributed by atoms with Gasteiger partial charge in [-0.1, -0.05) is 18.2 Å². The third kappa shape index (κ3) is 4.79. The topological polar surface area (TPSA) is 79.6 Å². The number of anilines is 1. The Kier molecular flexibility index (Phi) is 6.35. The Hall–Kier alpha value is -3.55. The highest BCUT2D eigenvalue weighted by Crippen LogP contribution is 2.30. The zero-order chi connectivity index (χ0) is 21.6. The highest BCUT2D eigenvalue weighted by Gasteiger charge is 2.25. The molecule has 31 heavy (non-hydrogen) atoms. The number of rotatable bonds is 6. The van der Waals surface area contributed by atoms with E-state index in [4.69, 9.17) is 4.74 Å². The van der Waals surface area contributed by atoms with E-state index in [9.17, 15) is 0 Å². The fraction of sp³-hybridized carbons (Fsp3) is 0.348. The zero-order valence-corrected chi connectivity index (χ0v) is 18.2. The van der Waals surface area contributed by atoms with E-state index in [0.29, 0.717) is 12.6 Å². The lowest BCUT2D eigenvalue weighted by Crippen LogP contribution is -2.44. The number of guanidine groups is 1. The number of ether oxygens (including phenoxy) is 1. The molecule has 1 aromatic carbocycles. The molecule has 2 aromatic heterocycles. The van der Waals surface area contributed by atoms with Crippen molar-refractivity contribution in [2.75, 3.05) is 32.1 Å². The summed E-state index contributed by atoms with van der Waals surface area (Å²) in [5.74, 6) is 3.49. The second-order valence-corrected chi connectivity index (χ2v) is 7.54. The van der Waals surface area contributed by atoms with Crippen molar-refractivity contribution in [1.29, 1.82) is 0 Å². The van der Waals surface area contributed by atoms with Gasteiger partial charge in [0.15, 0.2) is 5.96 Å². The Balaban J connectivity index is 1.31. The highest BCUT2D eigenvalue weighted by molar-refractivity contribution is 5.80. The van der Waals surface area contributed by atoms with Gasteiger partial charge >= 0.3 is 0 Å². The van der Waals surface area contributed by atoms with Crippen LogP contribution in [0.3, 0.4) is 0 Å². The number of methoxy groups -OCH3 is 1. The lowest BCUT2D eigenvalue weighted by molar-refractivity contribution is 0.415.